The molecule has 4 bridgehead atoms. The second kappa shape index (κ2) is 16.8. The number of rotatable bonds is 8. The Labute approximate surface area is 419 Å². The molecule has 9 aromatic carbocycles. The van der Waals surface area contributed by atoms with Crippen molar-refractivity contribution in [3.63, 3.8) is 0 Å². The Morgan fingerprint density at radius 1 is 0.403 bits per heavy atom. The van der Waals surface area contributed by atoms with Crippen molar-refractivity contribution in [1.82, 2.24) is 19.9 Å². The molecule has 72 heavy (non-hydrogen) atoms. The van der Waals surface area contributed by atoms with E-state index in [-0.39, 0.29) is 10.8 Å². The lowest BCUT2D eigenvalue weighted by Crippen LogP contribution is -2.56. The van der Waals surface area contributed by atoms with Gasteiger partial charge in [-0.2, -0.15) is 5.26 Å². The fourth-order valence-corrected chi connectivity index (χ4v) is 13.9. The summed E-state index contributed by atoms with van der Waals surface area (Å²) < 4.78 is 0. The zero-order valence-corrected chi connectivity index (χ0v) is 39.8. The summed E-state index contributed by atoms with van der Waals surface area (Å²) in [7, 11) is 0. The van der Waals surface area contributed by atoms with Crippen LogP contribution in [0, 0.1) is 23.2 Å². The van der Waals surface area contributed by atoms with Gasteiger partial charge in [0.05, 0.1) is 11.6 Å². The molecule has 5 heteroatoms. The predicted molar refractivity (Wildman–Crippen MR) is 292 cm³/mol. The fraction of sp³-hybridized carbons (Fsp3) is 0.149. The molecule has 0 saturated heterocycles. The number of nitrogens with zero attached hydrogens (tertiary/aromatic N) is 5. The first-order valence-corrected chi connectivity index (χ1v) is 25.4. The van der Waals surface area contributed by atoms with Crippen molar-refractivity contribution < 1.29 is 0 Å². The molecular formula is C67H49N5. The van der Waals surface area contributed by atoms with E-state index in [0.717, 1.165) is 44.9 Å². The molecule has 11 aromatic rings. The Kier molecular flexibility index (Phi) is 9.86. The molecule has 4 fully saturated rings. The Bertz CT molecular complexity index is 3880. The first-order valence-electron chi connectivity index (χ1n) is 25.4. The number of aromatic nitrogens is 4. The number of nitriles is 1. The van der Waals surface area contributed by atoms with Crippen molar-refractivity contribution in [2.45, 2.75) is 49.4 Å². The van der Waals surface area contributed by atoms with Crippen LogP contribution in [0.3, 0.4) is 0 Å². The Morgan fingerprint density at radius 2 is 0.889 bits per heavy atom. The molecule has 2 unspecified atom stereocenters. The molecule has 15 rings (SSSR count). The van der Waals surface area contributed by atoms with Gasteiger partial charge in [-0.3, -0.25) is 4.98 Å². The number of hydrogen-bond acceptors (Lipinski definition) is 5. The molecule has 0 aliphatic heterocycles. The van der Waals surface area contributed by atoms with Crippen LogP contribution in [0.15, 0.2) is 212 Å². The normalized spacial score (nSPS) is 20.0. The van der Waals surface area contributed by atoms with E-state index in [1.165, 1.54) is 82.3 Å². The smallest absolute Gasteiger partial charge is 0.182 e. The van der Waals surface area contributed by atoms with E-state index in [1.54, 1.807) is 17.3 Å². The summed E-state index contributed by atoms with van der Waals surface area (Å²) in [6.45, 7) is 0. The summed E-state index contributed by atoms with van der Waals surface area (Å²) in [5.41, 5.74) is 13.9. The third kappa shape index (κ3) is 7.12. The van der Waals surface area contributed by atoms with E-state index in [4.69, 9.17) is 15.0 Å². The van der Waals surface area contributed by atoms with Crippen molar-refractivity contribution in [2.75, 3.05) is 0 Å². The quantitative estimate of drug-likeness (QED) is 0.152. The maximum atomic E-state index is 9.50. The second-order valence-electron chi connectivity index (χ2n) is 20.9. The van der Waals surface area contributed by atoms with Crippen LogP contribution < -0.4 is 0 Å². The van der Waals surface area contributed by atoms with E-state index in [2.05, 4.69) is 157 Å². The van der Waals surface area contributed by atoms with Gasteiger partial charge in [0.25, 0.3) is 0 Å². The minimum Gasteiger partial charge on any atom is -0.253 e. The van der Waals surface area contributed by atoms with E-state index < -0.39 is 0 Å². The van der Waals surface area contributed by atoms with Crippen LogP contribution in [-0.2, 0) is 10.8 Å². The molecule has 2 heterocycles. The zero-order chi connectivity index (χ0) is 47.8. The highest BCUT2D eigenvalue weighted by Crippen LogP contribution is 2.67. The summed E-state index contributed by atoms with van der Waals surface area (Å²) in [4.78, 5) is 19.2. The summed E-state index contributed by atoms with van der Waals surface area (Å²) in [6, 6.07) is 76.7. The monoisotopic (exact) mass is 923 g/mol. The molecular weight excluding hydrogens is 875 g/mol. The highest BCUT2D eigenvalue weighted by atomic mass is 15.0. The molecule has 0 amide bonds. The minimum absolute atomic E-state index is 0.128. The third-order valence-electron chi connectivity index (χ3n) is 16.6. The average molecular weight is 924 g/mol. The molecule has 2 atom stereocenters. The van der Waals surface area contributed by atoms with Gasteiger partial charge in [0.2, 0.25) is 0 Å². The molecule has 0 spiro atoms. The Hall–Kier alpha value is -8.59. The maximum Gasteiger partial charge on any atom is 0.182 e. The van der Waals surface area contributed by atoms with Gasteiger partial charge < -0.3 is 0 Å². The van der Waals surface area contributed by atoms with E-state index in [1.807, 2.05) is 60.7 Å². The molecule has 0 radical (unpaired) electrons. The predicted octanol–water partition coefficient (Wildman–Crippen LogP) is 16.4. The lowest BCUT2D eigenvalue weighted by atomic mass is 9.41. The second-order valence-corrected chi connectivity index (χ2v) is 20.9. The minimum atomic E-state index is 0.128. The molecule has 5 nitrogen and oxygen atoms in total. The standard InChI is InChI=1S/C67H49N5/c68-41-43-17-18-52-36-53(28-27-51(52)35-43)55-30-32-61(59-15-7-5-13-57(55)59)67-39-44-34-45(40-67)38-66(37-44,42-67)60-31-29-54(56-12-4-6-14-58(56)60)48-23-19-46(20-24-48)47-21-25-50(26-22-47)64-70-63(49-10-2-1-3-11-49)71-65(72-64)62-16-8-9-33-69-62/h1-33,35-36,44-45H,34,37-40,42H2. The summed E-state index contributed by atoms with van der Waals surface area (Å²) in [5.74, 6) is 3.22. The zero-order valence-electron chi connectivity index (χ0n) is 39.8. The first kappa shape index (κ1) is 42.3. The largest absolute Gasteiger partial charge is 0.253 e. The van der Waals surface area contributed by atoms with Crippen LogP contribution in [0.4, 0.5) is 0 Å². The van der Waals surface area contributed by atoms with Crippen molar-refractivity contribution in [3.8, 4) is 73.7 Å². The topological polar surface area (TPSA) is 75.3 Å². The molecule has 2 aromatic heterocycles. The third-order valence-corrected chi connectivity index (χ3v) is 16.6. The van der Waals surface area contributed by atoms with Gasteiger partial charge in [0, 0.05) is 17.3 Å². The van der Waals surface area contributed by atoms with Gasteiger partial charge in [0.15, 0.2) is 17.5 Å². The molecule has 342 valence electrons. The number of benzene rings is 9. The van der Waals surface area contributed by atoms with Gasteiger partial charge >= 0.3 is 0 Å². The van der Waals surface area contributed by atoms with Crippen LogP contribution in [0.25, 0.3) is 100.0 Å². The van der Waals surface area contributed by atoms with E-state index >= 15 is 0 Å². The van der Waals surface area contributed by atoms with Crippen LogP contribution in [0.1, 0.15) is 55.2 Å². The number of hydrogen-bond donors (Lipinski definition) is 0. The van der Waals surface area contributed by atoms with Crippen molar-refractivity contribution in [2.24, 2.45) is 11.8 Å². The summed E-state index contributed by atoms with van der Waals surface area (Å²) in [5, 5.41) is 17.2. The molecule has 4 saturated carbocycles. The van der Waals surface area contributed by atoms with Crippen LogP contribution in [0.5, 0.6) is 0 Å². The van der Waals surface area contributed by atoms with Gasteiger partial charge in [-0.05, 0) is 168 Å². The maximum absolute atomic E-state index is 9.50. The van der Waals surface area contributed by atoms with Crippen molar-refractivity contribution in [1.29, 1.82) is 5.26 Å². The lowest BCUT2D eigenvalue weighted by molar-refractivity contribution is -0.0268. The van der Waals surface area contributed by atoms with Gasteiger partial charge in [-0.15, -0.1) is 0 Å². The summed E-state index contributed by atoms with van der Waals surface area (Å²) >= 11 is 0. The van der Waals surface area contributed by atoms with Gasteiger partial charge in [0.1, 0.15) is 5.69 Å². The van der Waals surface area contributed by atoms with Crippen molar-refractivity contribution in [3.05, 3.63) is 229 Å². The van der Waals surface area contributed by atoms with E-state index in [0.29, 0.717) is 28.7 Å². The highest BCUT2D eigenvalue weighted by molar-refractivity contribution is 6.02. The fourth-order valence-electron chi connectivity index (χ4n) is 13.9. The van der Waals surface area contributed by atoms with Crippen molar-refractivity contribution >= 4 is 32.3 Å². The number of fused-ring (bicyclic) bond motifs is 3. The molecule has 4 aliphatic rings. The first-order chi connectivity index (χ1) is 35.5. The molecule has 4 aliphatic carbocycles. The Morgan fingerprint density at radius 3 is 1.49 bits per heavy atom. The van der Waals surface area contributed by atoms with Gasteiger partial charge in [-0.1, -0.05) is 176 Å². The summed E-state index contributed by atoms with van der Waals surface area (Å²) in [6.07, 6.45) is 9.41. The lowest BCUT2D eigenvalue weighted by Gasteiger charge is -2.63. The van der Waals surface area contributed by atoms with Crippen LogP contribution >= 0.6 is 0 Å². The van der Waals surface area contributed by atoms with Gasteiger partial charge in [-0.25, -0.2) is 15.0 Å². The Balaban J connectivity index is 0.774. The number of pyridine rings is 1. The SMILES string of the molecule is N#Cc1ccc2cc(-c3ccc(C45CC6CC(CC(c7ccc(-c8ccc(-c9ccc(-c%10nc(-c%11ccccc%11)nc(-c%11ccccn%11)n%10)cc9)cc8)c8ccccc78)(C6)C4)C5)c4ccccc34)ccc2c1. The van der Waals surface area contributed by atoms with E-state index in [9.17, 15) is 5.26 Å². The average Bonchev–Trinajstić information content (AvgIpc) is 3.44. The molecule has 0 N–H and O–H groups in total. The van der Waals surface area contributed by atoms with Crippen LogP contribution in [0.2, 0.25) is 0 Å². The van der Waals surface area contributed by atoms with Crippen LogP contribution in [-0.4, -0.2) is 19.9 Å². The highest BCUT2D eigenvalue weighted by Gasteiger charge is 2.59.